The fourth-order valence-corrected chi connectivity index (χ4v) is 2.90. The summed E-state index contributed by atoms with van der Waals surface area (Å²) in [6.07, 6.45) is 1.66. The first kappa shape index (κ1) is 22.6. The lowest BCUT2D eigenvalue weighted by Gasteiger charge is -2.23. The summed E-state index contributed by atoms with van der Waals surface area (Å²) in [5, 5.41) is 18.3. The summed E-state index contributed by atoms with van der Waals surface area (Å²) in [5.41, 5.74) is 1.27. The number of ether oxygens (including phenoxy) is 1. The second kappa shape index (κ2) is 9.67. The zero-order valence-electron chi connectivity index (χ0n) is 17.4. The Balaban J connectivity index is 2.11. The van der Waals surface area contributed by atoms with Crippen molar-refractivity contribution in [2.75, 3.05) is 37.7 Å². The minimum Gasteiger partial charge on any atom is -0.459 e. The third kappa shape index (κ3) is 6.40. The molecular formula is C21H29N3O5. The summed E-state index contributed by atoms with van der Waals surface area (Å²) in [6.45, 7) is 7.63. The summed E-state index contributed by atoms with van der Waals surface area (Å²) in [4.78, 5) is 32.1. The molecule has 0 radical (unpaired) electrons. The molecule has 0 saturated carbocycles. The van der Waals surface area contributed by atoms with Crippen LogP contribution in [-0.2, 0) is 14.3 Å². The third-order valence-corrected chi connectivity index (χ3v) is 4.15. The van der Waals surface area contributed by atoms with E-state index in [1.165, 1.54) is 4.90 Å². The Bertz CT molecular complexity index is 788. The first-order chi connectivity index (χ1) is 13.6. The largest absolute Gasteiger partial charge is 0.459 e. The molecule has 1 aromatic rings. The van der Waals surface area contributed by atoms with Crippen molar-refractivity contribution in [2.24, 2.45) is 4.99 Å². The number of rotatable bonds is 8. The van der Waals surface area contributed by atoms with E-state index >= 15 is 0 Å². The van der Waals surface area contributed by atoms with Crippen LogP contribution in [0.5, 0.6) is 0 Å². The second-order valence-electron chi connectivity index (χ2n) is 7.69. The highest BCUT2D eigenvalue weighted by atomic mass is 16.6. The van der Waals surface area contributed by atoms with Crippen molar-refractivity contribution < 1.29 is 24.5 Å². The summed E-state index contributed by atoms with van der Waals surface area (Å²) < 4.78 is 5.28. The number of amidine groups is 1. The lowest BCUT2D eigenvalue weighted by Crippen LogP contribution is -2.38. The Kier molecular flexibility index (Phi) is 7.53. The molecule has 1 aromatic carbocycles. The van der Waals surface area contributed by atoms with Crippen LogP contribution in [0, 0.1) is 0 Å². The topological polar surface area (TPSA) is 103 Å². The van der Waals surface area contributed by atoms with E-state index in [4.69, 9.17) is 14.9 Å². The van der Waals surface area contributed by atoms with Crippen LogP contribution in [0.2, 0.25) is 0 Å². The summed E-state index contributed by atoms with van der Waals surface area (Å²) in [7, 11) is 0. The van der Waals surface area contributed by atoms with Gasteiger partial charge in [-0.15, -0.1) is 0 Å². The van der Waals surface area contributed by atoms with Gasteiger partial charge in [0.05, 0.1) is 13.2 Å². The summed E-state index contributed by atoms with van der Waals surface area (Å²) >= 11 is 0. The number of carbonyl (C=O) groups is 2. The van der Waals surface area contributed by atoms with Gasteiger partial charge in [0.15, 0.2) is 0 Å². The predicted octanol–water partition coefficient (Wildman–Crippen LogP) is 1.42. The van der Waals surface area contributed by atoms with Crippen molar-refractivity contribution in [3.05, 3.63) is 35.5 Å². The van der Waals surface area contributed by atoms with Crippen molar-refractivity contribution in [2.45, 2.75) is 33.3 Å². The molecular weight excluding hydrogens is 374 g/mol. The average molecular weight is 403 g/mol. The molecule has 0 aromatic heterocycles. The van der Waals surface area contributed by atoms with Crippen LogP contribution >= 0.6 is 0 Å². The van der Waals surface area contributed by atoms with Crippen LogP contribution in [0.4, 0.5) is 5.69 Å². The highest BCUT2D eigenvalue weighted by Crippen LogP contribution is 2.21. The number of nitrogens with zero attached hydrogens (tertiary/aromatic N) is 3. The molecule has 0 aliphatic carbocycles. The fraction of sp³-hybridized carbons (Fsp3) is 0.476. The minimum atomic E-state index is -0.620. The van der Waals surface area contributed by atoms with Crippen LogP contribution in [0.3, 0.4) is 0 Å². The van der Waals surface area contributed by atoms with Crippen LogP contribution in [0.15, 0.2) is 35.0 Å². The first-order valence-electron chi connectivity index (χ1n) is 9.52. The number of hydrogen-bond acceptors (Lipinski definition) is 7. The number of benzene rings is 1. The lowest BCUT2D eigenvalue weighted by atomic mass is 10.1. The molecule has 0 spiro atoms. The Hall–Kier alpha value is -2.71. The van der Waals surface area contributed by atoms with E-state index in [2.05, 4.69) is 4.99 Å². The SMILES string of the molecule is CC1=N/C(=C\c2ccc(N(CCO)CCO)cc2)C(=O)N1CC(=O)OC(C)(C)C. The van der Waals surface area contributed by atoms with Crippen LogP contribution in [-0.4, -0.2) is 71.3 Å². The number of aliphatic imine (C=N–C) groups is 1. The van der Waals surface area contributed by atoms with Crippen LogP contribution in [0.1, 0.15) is 33.3 Å². The molecule has 2 N–H and O–H groups in total. The van der Waals surface area contributed by atoms with Gasteiger partial charge in [-0.2, -0.15) is 0 Å². The smallest absolute Gasteiger partial charge is 0.326 e. The molecule has 8 heteroatoms. The molecule has 1 amide bonds. The third-order valence-electron chi connectivity index (χ3n) is 4.15. The van der Waals surface area contributed by atoms with Crippen molar-refractivity contribution in [3.8, 4) is 0 Å². The molecule has 0 unspecified atom stereocenters. The number of hydrogen-bond donors (Lipinski definition) is 2. The first-order valence-corrected chi connectivity index (χ1v) is 9.52. The maximum Gasteiger partial charge on any atom is 0.326 e. The van der Waals surface area contributed by atoms with Crippen LogP contribution < -0.4 is 4.90 Å². The van der Waals surface area contributed by atoms with E-state index in [1.54, 1.807) is 33.8 Å². The quantitative estimate of drug-likeness (QED) is 0.503. The molecule has 2 rings (SSSR count). The van der Waals surface area contributed by atoms with Crippen LogP contribution in [0.25, 0.3) is 6.08 Å². The Labute approximate surface area is 171 Å². The highest BCUT2D eigenvalue weighted by molar-refractivity contribution is 6.14. The van der Waals surface area contributed by atoms with E-state index in [0.29, 0.717) is 18.9 Å². The number of anilines is 1. The second-order valence-corrected chi connectivity index (χ2v) is 7.69. The van der Waals surface area contributed by atoms with Gasteiger partial charge in [0.1, 0.15) is 23.7 Å². The van der Waals surface area contributed by atoms with Crippen molar-refractivity contribution in [3.63, 3.8) is 0 Å². The number of aliphatic hydroxyl groups excluding tert-OH is 2. The summed E-state index contributed by atoms with van der Waals surface area (Å²) in [5.74, 6) is -0.390. The zero-order chi connectivity index (χ0) is 21.6. The zero-order valence-corrected chi connectivity index (χ0v) is 17.4. The van der Waals surface area contributed by atoms with Gasteiger partial charge in [-0.3, -0.25) is 14.5 Å². The highest BCUT2D eigenvalue weighted by Gasteiger charge is 2.30. The van der Waals surface area contributed by atoms with Gasteiger partial charge in [-0.05, 0) is 51.5 Å². The molecule has 0 fully saturated rings. The van der Waals surface area contributed by atoms with Gasteiger partial charge in [-0.25, -0.2) is 4.99 Å². The predicted molar refractivity (Wildman–Crippen MR) is 111 cm³/mol. The Morgan fingerprint density at radius 3 is 2.28 bits per heavy atom. The number of amides is 1. The van der Waals surface area contributed by atoms with Crippen molar-refractivity contribution in [1.29, 1.82) is 0 Å². The molecule has 158 valence electrons. The van der Waals surface area contributed by atoms with Gasteiger partial charge >= 0.3 is 5.97 Å². The van der Waals surface area contributed by atoms with E-state index < -0.39 is 11.6 Å². The monoisotopic (exact) mass is 403 g/mol. The normalized spacial score (nSPS) is 15.7. The maximum atomic E-state index is 12.6. The van der Waals surface area contributed by atoms with Gasteiger partial charge in [-0.1, -0.05) is 12.1 Å². The van der Waals surface area contributed by atoms with Gasteiger partial charge in [0, 0.05) is 18.8 Å². The van der Waals surface area contributed by atoms with Gasteiger partial charge in [0.2, 0.25) is 0 Å². The molecule has 29 heavy (non-hydrogen) atoms. The standard InChI is InChI=1S/C21H29N3O5/c1-15-22-18(20(28)24(15)14-19(27)29-21(2,3)4)13-16-5-7-17(8-6-16)23(9-11-25)10-12-26/h5-8,13,25-26H,9-12,14H2,1-4H3/b18-13-. The minimum absolute atomic E-state index is 0.0121. The van der Waals surface area contributed by atoms with E-state index in [1.807, 2.05) is 29.2 Å². The van der Waals surface area contributed by atoms with E-state index in [9.17, 15) is 9.59 Å². The molecule has 8 nitrogen and oxygen atoms in total. The molecule has 0 saturated heterocycles. The average Bonchev–Trinajstić information content (AvgIpc) is 2.88. The molecule has 1 aliphatic heterocycles. The van der Waals surface area contributed by atoms with Gasteiger partial charge in [0.25, 0.3) is 5.91 Å². The summed E-state index contributed by atoms with van der Waals surface area (Å²) in [6, 6.07) is 7.37. The maximum absolute atomic E-state index is 12.6. The fourth-order valence-electron chi connectivity index (χ4n) is 2.90. The Morgan fingerprint density at radius 2 is 1.76 bits per heavy atom. The number of aliphatic hydroxyl groups is 2. The molecule has 0 bridgehead atoms. The molecule has 1 heterocycles. The lowest BCUT2D eigenvalue weighted by molar-refractivity contribution is -0.156. The Morgan fingerprint density at radius 1 is 1.17 bits per heavy atom. The number of carbonyl (C=O) groups excluding carboxylic acids is 2. The van der Waals surface area contributed by atoms with Crippen molar-refractivity contribution in [1.82, 2.24) is 4.90 Å². The van der Waals surface area contributed by atoms with E-state index in [-0.39, 0.29) is 31.4 Å². The van der Waals surface area contributed by atoms with Crippen molar-refractivity contribution >= 4 is 29.5 Å². The van der Waals surface area contributed by atoms with Gasteiger partial charge < -0.3 is 19.8 Å². The van der Waals surface area contributed by atoms with E-state index in [0.717, 1.165) is 11.3 Å². The molecule has 1 aliphatic rings. The molecule has 0 atom stereocenters. The number of esters is 1.